The number of nitro groups is 1. The van der Waals surface area contributed by atoms with Crippen LogP contribution in [0.1, 0.15) is 6.92 Å². The SMILES string of the molecule is COc1cc(S(=O)(=O)N(C)CC(C)C(=O)O)ccc1[N+](=O)[O-]. The predicted molar refractivity (Wildman–Crippen MR) is 76.3 cm³/mol. The minimum atomic E-state index is -3.98. The van der Waals surface area contributed by atoms with Gasteiger partial charge in [0.05, 0.1) is 22.8 Å². The Morgan fingerprint density at radius 3 is 2.55 bits per heavy atom. The number of aliphatic carboxylic acids is 1. The van der Waals surface area contributed by atoms with Crippen molar-refractivity contribution in [1.82, 2.24) is 4.31 Å². The second-order valence-corrected chi connectivity index (χ2v) is 6.66. The molecule has 1 rings (SSSR count). The van der Waals surface area contributed by atoms with E-state index in [0.717, 1.165) is 22.5 Å². The third-order valence-electron chi connectivity index (χ3n) is 3.01. The Bertz CT molecular complexity index is 687. The van der Waals surface area contributed by atoms with Gasteiger partial charge >= 0.3 is 11.7 Å². The van der Waals surface area contributed by atoms with Crippen molar-refractivity contribution in [2.45, 2.75) is 11.8 Å². The minimum Gasteiger partial charge on any atom is -0.490 e. The summed E-state index contributed by atoms with van der Waals surface area (Å²) in [5.74, 6) is -2.20. The van der Waals surface area contributed by atoms with Crippen LogP contribution in [0.5, 0.6) is 5.75 Å². The van der Waals surface area contributed by atoms with Gasteiger partial charge in [0.25, 0.3) is 0 Å². The Morgan fingerprint density at radius 1 is 1.50 bits per heavy atom. The fourth-order valence-corrected chi connectivity index (χ4v) is 2.99. The number of carboxylic acids is 1. The first-order chi connectivity index (χ1) is 10.1. The van der Waals surface area contributed by atoms with Crippen molar-refractivity contribution in [2.24, 2.45) is 5.92 Å². The van der Waals surface area contributed by atoms with Crippen molar-refractivity contribution < 1.29 is 28.0 Å². The van der Waals surface area contributed by atoms with Crippen molar-refractivity contribution in [2.75, 3.05) is 20.7 Å². The van der Waals surface area contributed by atoms with E-state index in [1.54, 1.807) is 0 Å². The van der Waals surface area contributed by atoms with E-state index in [2.05, 4.69) is 0 Å². The number of carboxylic acid groups (broad SMARTS) is 1. The van der Waals surface area contributed by atoms with Crippen LogP contribution in [0.2, 0.25) is 0 Å². The maximum atomic E-state index is 12.3. The monoisotopic (exact) mass is 332 g/mol. The fourth-order valence-electron chi connectivity index (χ4n) is 1.71. The molecule has 0 saturated heterocycles. The molecule has 22 heavy (non-hydrogen) atoms. The lowest BCUT2D eigenvalue weighted by atomic mass is 10.2. The number of hydrogen-bond acceptors (Lipinski definition) is 6. The smallest absolute Gasteiger partial charge is 0.310 e. The average molecular weight is 332 g/mol. The van der Waals surface area contributed by atoms with Gasteiger partial charge in [0.2, 0.25) is 10.0 Å². The molecule has 0 saturated carbocycles. The van der Waals surface area contributed by atoms with Gasteiger partial charge in [0.1, 0.15) is 0 Å². The zero-order chi connectivity index (χ0) is 17.1. The molecule has 0 aliphatic heterocycles. The van der Waals surface area contributed by atoms with E-state index in [1.807, 2.05) is 0 Å². The van der Waals surface area contributed by atoms with E-state index in [9.17, 15) is 23.3 Å². The lowest BCUT2D eigenvalue weighted by molar-refractivity contribution is -0.385. The molecule has 1 atom stereocenters. The topological polar surface area (TPSA) is 127 Å². The highest BCUT2D eigenvalue weighted by Crippen LogP contribution is 2.30. The Kier molecular flexibility index (Phi) is 5.44. The second kappa shape index (κ2) is 6.71. The van der Waals surface area contributed by atoms with Crippen LogP contribution in [0.4, 0.5) is 5.69 Å². The van der Waals surface area contributed by atoms with Crippen LogP contribution >= 0.6 is 0 Å². The zero-order valence-corrected chi connectivity index (χ0v) is 13.0. The van der Waals surface area contributed by atoms with E-state index < -0.39 is 26.8 Å². The molecule has 0 aromatic heterocycles. The van der Waals surface area contributed by atoms with Crippen LogP contribution in [0.25, 0.3) is 0 Å². The Morgan fingerprint density at radius 2 is 2.09 bits per heavy atom. The van der Waals surface area contributed by atoms with Gasteiger partial charge in [-0.15, -0.1) is 0 Å². The number of nitrogens with zero attached hydrogens (tertiary/aromatic N) is 2. The van der Waals surface area contributed by atoms with Crippen molar-refractivity contribution in [1.29, 1.82) is 0 Å². The molecule has 0 bridgehead atoms. The van der Waals surface area contributed by atoms with E-state index in [-0.39, 0.29) is 22.9 Å². The molecule has 0 fully saturated rings. The zero-order valence-electron chi connectivity index (χ0n) is 12.2. The van der Waals surface area contributed by atoms with Gasteiger partial charge < -0.3 is 9.84 Å². The molecule has 0 heterocycles. The van der Waals surface area contributed by atoms with Crippen LogP contribution in [-0.2, 0) is 14.8 Å². The number of nitro benzene ring substituents is 1. The minimum absolute atomic E-state index is 0.189. The van der Waals surface area contributed by atoms with Crippen LogP contribution in [0, 0.1) is 16.0 Å². The van der Waals surface area contributed by atoms with Crippen molar-refractivity contribution in [3.63, 3.8) is 0 Å². The molecule has 1 aromatic carbocycles. The van der Waals surface area contributed by atoms with Gasteiger partial charge in [-0.1, -0.05) is 6.92 Å². The standard InChI is InChI=1S/C12H16N2O7S/c1-8(12(15)16)7-13(2)22(19,20)9-4-5-10(14(17)18)11(6-9)21-3/h4-6,8H,7H2,1-3H3,(H,15,16). The number of sulfonamides is 1. The number of ether oxygens (including phenoxy) is 1. The maximum absolute atomic E-state index is 12.3. The molecular formula is C12H16N2O7S. The largest absolute Gasteiger partial charge is 0.490 e. The molecule has 122 valence electrons. The number of carbonyl (C=O) groups is 1. The Hall–Kier alpha value is -2.20. The van der Waals surface area contributed by atoms with Crippen molar-refractivity contribution in [3.05, 3.63) is 28.3 Å². The van der Waals surface area contributed by atoms with Crippen LogP contribution in [-0.4, -0.2) is 49.4 Å². The van der Waals surface area contributed by atoms with Crippen LogP contribution in [0.3, 0.4) is 0 Å². The normalized spacial score (nSPS) is 12.9. The summed E-state index contributed by atoms with van der Waals surface area (Å²) in [6.45, 7) is 1.15. The lowest BCUT2D eigenvalue weighted by Gasteiger charge is -2.19. The van der Waals surface area contributed by atoms with Gasteiger partial charge in [-0.2, -0.15) is 0 Å². The molecule has 9 nitrogen and oxygen atoms in total. The molecule has 0 amide bonds. The summed E-state index contributed by atoms with van der Waals surface area (Å²) in [5, 5.41) is 19.6. The summed E-state index contributed by atoms with van der Waals surface area (Å²) in [7, 11) is -1.55. The predicted octanol–water partition coefficient (Wildman–Crippen LogP) is 0.945. The summed E-state index contributed by atoms with van der Waals surface area (Å²) in [4.78, 5) is 20.7. The van der Waals surface area contributed by atoms with Gasteiger partial charge in [0, 0.05) is 25.7 Å². The lowest BCUT2D eigenvalue weighted by Crippen LogP contribution is -2.33. The van der Waals surface area contributed by atoms with Gasteiger partial charge in [-0.05, 0) is 6.07 Å². The molecule has 0 spiro atoms. The van der Waals surface area contributed by atoms with Crippen LogP contribution < -0.4 is 4.74 Å². The molecule has 0 radical (unpaired) electrons. The number of benzene rings is 1. The molecule has 10 heteroatoms. The number of rotatable bonds is 7. The maximum Gasteiger partial charge on any atom is 0.310 e. The highest BCUT2D eigenvalue weighted by Gasteiger charge is 2.27. The van der Waals surface area contributed by atoms with E-state index in [1.165, 1.54) is 21.1 Å². The Labute approximate surface area is 127 Å². The van der Waals surface area contributed by atoms with Gasteiger partial charge in [0.15, 0.2) is 5.75 Å². The molecule has 1 aromatic rings. The third-order valence-corrected chi connectivity index (χ3v) is 4.83. The molecule has 1 unspecified atom stereocenters. The Balaban J connectivity index is 3.18. The van der Waals surface area contributed by atoms with Gasteiger partial charge in [-0.3, -0.25) is 14.9 Å². The third kappa shape index (κ3) is 3.71. The average Bonchev–Trinajstić information content (AvgIpc) is 2.45. The summed E-state index contributed by atoms with van der Waals surface area (Å²) >= 11 is 0. The summed E-state index contributed by atoms with van der Waals surface area (Å²) in [5.41, 5.74) is -0.358. The highest BCUT2D eigenvalue weighted by atomic mass is 32.2. The van der Waals surface area contributed by atoms with E-state index in [4.69, 9.17) is 9.84 Å². The summed E-state index contributed by atoms with van der Waals surface area (Å²) < 4.78 is 30.4. The van der Waals surface area contributed by atoms with Crippen molar-refractivity contribution >= 4 is 21.7 Å². The first kappa shape index (κ1) is 17.9. The summed E-state index contributed by atoms with van der Waals surface area (Å²) in [6, 6.07) is 3.15. The van der Waals surface area contributed by atoms with Crippen molar-refractivity contribution in [3.8, 4) is 5.75 Å². The molecule has 0 aliphatic carbocycles. The first-order valence-corrected chi connectivity index (χ1v) is 7.56. The van der Waals surface area contributed by atoms with Crippen LogP contribution in [0.15, 0.2) is 23.1 Å². The molecule has 0 aliphatic rings. The fraction of sp³-hybridized carbons (Fsp3) is 0.417. The first-order valence-electron chi connectivity index (χ1n) is 6.12. The molecular weight excluding hydrogens is 316 g/mol. The van der Waals surface area contributed by atoms with Gasteiger partial charge in [-0.25, -0.2) is 12.7 Å². The highest BCUT2D eigenvalue weighted by molar-refractivity contribution is 7.89. The van der Waals surface area contributed by atoms with E-state index >= 15 is 0 Å². The quantitative estimate of drug-likeness (QED) is 0.581. The number of methoxy groups -OCH3 is 1. The number of hydrogen-bond donors (Lipinski definition) is 1. The van der Waals surface area contributed by atoms with E-state index in [0.29, 0.717) is 0 Å². The molecule has 1 N–H and O–H groups in total. The second-order valence-electron chi connectivity index (χ2n) is 4.62. The summed E-state index contributed by atoms with van der Waals surface area (Å²) in [6.07, 6.45) is 0.